The van der Waals surface area contributed by atoms with Crippen LogP contribution in [0, 0.1) is 6.92 Å². The highest BCUT2D eigenvalue weighted by Gasteiger charge is 2.09. The van der Waals surface area contributed by atoms with Gasteiger partial charge in [0, 0.05) is 5.56 Å². The third-order valence-electron chi connectivity index (χ3n) is 2.41. The van der Waals surface area contributed by atoms with E-state index in [4.69, 9.17) is 10.2 Å². The van der Waals surface area contributed by atoms with E-state index in [1.807, 2.05) is 0 Å². The van der Waals surface area contributed by atoms with Crippen LogP contribution < -0.4 is 0 Å². The lowest BCUT2D eigenvalue weighted by Crippen LogP contribution is -1.79. The van der Waals surface area contributed by atoms with Gasteiger partial charge in [0.05, 0.1) is 17.9 Å². The highest BCUT2D eigenvalue weighted by molar-refractivity contribution is 9.11. The predicted octanol–water partition coefficient (Wildman–Crippen LogP) is 5.55. The van der Waals surface area contributed by atoms with Gasteiger partial charge in [-0.05, 0) is 88.8 Å². The van der Waals surface area contributed by atoms with Gasteiger partial charge in [0.1, 0.15) is 23.0 Å². The summed E-state index contributed by atoms with van der Waals surface area (Å²) in [5.41, 5.74) is 0.630. The van der Waals surface area contributed by atoms with Gasteiger partial charge in [0.15, 0.2) is 0 Å². The van der Waals surface area contributed by atoms with Crippen molar-refractivity contribution in [1.82, 2.24) is 0 Å². The van der Waals surface area contributed by atoms with Crippen LogP contribution in [0.25, 0.3) is 0 Å². The molecule has 0 spiro atoms. The molecule has 0 saturated heterocycles. The lowest BCUT2D eigenvalue weighted by atomic mass is 10.2. The number of phenolic OH excluding ortho intramolecular Hbond substituents is 4. The SMILES string of the molecule is Cc1c(O)cc(Br)c(O)c1Br.Oc1cc(Br)c(O)c(Br)c1. The van der Waals surface area contributed by atoms with Gasteiger partial charge in [0.25, 0.3) is 0 Å². The Morgan fingerprint density at radius 3 is 1.62 bits per heavy atom. The normalized spacial score (nSPS) is 9.95. The van der Waals surface area contributed by atoms with Gasteiger partial charge in [-0.3, -0.25) is 0 Å². The summed E-state index contributed by atoms with van der Waals surface area (Å²) in [4.78, 5) is 0. The summed E-state index contributed by atoms with van der Waals surface area (Å²) < 4.78 is 1.94. The summed E-state index contributed by atoms with van der Waals surface area (Å²) in [5.74, 6) is 0.469. The van der Waals surface area contributed by atoms with Crippen LogP contribution in [0.5, 0.6) is 23.0 Å². The van der Waals surface area contributed by atoms with Crippen LogP contribution in [0.1, 0.15) is 5.56 Å². The molecule has 0 aliphatic rings. The summed E-state index contributed by atoms with van der Waals surface area (Å²) in [6, 6.07) is 4.29. The van der Waals surface area contributed by atoms with E-state index in [1.165, 1.54) is 18.2 Å². The Hall–Kier alpha value is -0.440. The van der Waals surface area contributed by atoms with E-state index >= 15 is 0 Å². The van der Waals surface area contributed by atoms with E-state index in [1.54, 1.807) is 6.92 Å². The highest BCUT2D eigenvalue weighted by atomic mass is 79.9. The highest BCUT2D eigenvalue weighted by Crippen LogP contribution is 2.39. The molecule has 2 aromatic carbocycles. The van der Waals surface area contributed by atoms with Gasteiger partial charge in [-0.15, -0.1) is 0 Å². The minimum absolute atomic E-state index is 0.0952. The van der Waals surface area contributed by atoms with Crippen molar-refractivity contribution in [2.24, 2.45) is 0 Å². The molecule has 0 unspecified atom stereocenters. The Balaban J connectivity index is 0.000000211. The number of rotatable bonds is 0. The molecule has 0 aliphatic carbocycles. The molecule has 0 aliphatic heterocycles. The molecule has 0 bridgehead atoms. The standard InChI is InChI=1S/C7H6Br2O2.C6H4Br2O2/c1-3-5(10)2-4(8)7(11)6(3)9;7-4-1-3(9)2-5(8)6(4)10/h2,10-11H,1H3;1-2,9-10H. The molecule has 4 N–H and O–H groups in total. The molecule has 0 heterocycles. The van der Waals surface area contributed by atoms with Gasteiger partial charge in [0.2, 0.25) is 0 Å². The van der Waals surface area contributed by atoms with Crippen molar-refractivity contribution in [3.63, 3.8) is 0 Å². The fourth-order valence-corrected chi connectivity index (χ4v) is 3.50. The summed E-state index contributed by atoms with van der Waals surface area (Å²) in [6.45, 7) is 1.71. The van der Waals surface area contributed by atoms with Gasteiger partial charge in [-0.1, -0.05) is 0 Å². The minimum atomic E-state index is 0.0952. The summed E-state index contributed by atoms with van der Waals surface area (Å²) >= 11 is 12.3. The average molecular weight is 550 g/mol. The summed E-state index contributed by atoms with van der Waals surface area (Å²) in [6.07, 6.45) is 0. The van der Waals surface area contributed by atoms with Crippen molar-refractivity contribution in [3.05, 3.63) is 41.7 Å². The molecule has 21 heavy (non-hydrogen) atoms. The van der Waals surface area contributed by atoms with Gasteiger partial charge < -0.3 is 20.4 Å². The number of hydrogen-bond acceptors (Lipinski definition) is 4. The first kappa shape index (κ1) is 18.6. The molecular formula is C13H10Br4O4. The molecule has 2 rings (SSSR count). The van der Waals surface area contributed by atoms with E-state index in [0.29, 0.717) is 23.5 Å². The minimum Gasteiger partial charge on any atom is -0.508 e. The van der Waals surface area contributed by atoms with Crippen molar-refractivity contribution in [1.29, 1.82) is 0 Å². The zero-order valence-electron chi connectivity index (χ0n) is 10.5. The molecule has 0 fully saturated rings. The number of hydrogen-bond donors (Lipinski definition) is 4. The van der Waals surface area contributed by atoms with Crippen LogP contribution in [0.15, 0.2) is 36.1 Å². The van der Waals surface area contributed by atoms with E-state index in [-0.39, 0.29) is 23.0 Å². The molecule has 4 nitrogen and oxygen atoms in total. The molecule has 0 atom stereocenters. The van der Waals surface area contributed by atoms with Gasteiger partial charge in [-0.2, -0.15) is 0 Å². The summed E-state index contributed by atoms with van der Waals surface area (Å²) in [7, 11) is 0. The van der Waals surface area contributed by atoms with Gasteiger partial charge >= 0.3 is 0 Å². The Morgan fingerprint density at radius 1 is 0.714 bits per heavy atom. The fraction of sp³-hybridized carbons (Fsp3) is 0.0769. The predicted molar refractivity (Wildman–Crippen MR) is 95.1 cm³/mol. The van der Waals surface area contributed by atoms with Crippen LogP contribution in [0.3, 0.4) is 0 Å². The zero-order valence-corrected chi connectivity index (χ0v) is 16.9. The van der Waals surface area contributed by atoms with Crippen molar-refractivity contribution in [3.8, 4) is 23.0 Å². The van der Waals surface area contributed by atoms with Crippen LogP contribution in [-0.2, 0) is 0 Å². The molecule has 0 saturated carbocycles. The molecular weight excluding hydrogens is 540 g/mol. The zero-order chi connectivity index (χ0) is 16.3. The maximum absolute atomic E-state index is 9.31. The lowest BCUT2D eigenvalue weighted by Gasteiger charge is -2.05. The Labute approximate surface area is 155 Å². The van der Waals surface area contributed by atoms with Crippen molar-refractivity contribution < 1.29 is 20.4 Å². The second-order valence-electron chi connectivity index (χ2n) is 3.92. The Morgan fingerprint density at radius 2 is 1.14 bits per heavy atom. The fourth-order valence-electron chi connectivity index (χ4n) is 1.24. The van der Waals surface area contributed by atoms with Crippen molar-refractivity contribution >= 4 is 63.7 Å². The molecule has 8 heteroatoms. The third-order valence-corrected chi connectivity index (χ3v) is 5.20. The largest absolute Gasteiger partial charge is 0.508 e. The number of phenols is 4. The van der Waals surface area contributed by atoms with E-state index in [2.05, 4.69) is 63.7 Å². The molecule has 0 radical (unpaired) electrons. The van der Waals surface area contributed by atoms with Crippen LogP contribution >= 0.6 is 63.7 Å². The number of aromatic hydroxyl groups is 4. The second-order valence-corrected chi connectivity index (χ2v) is 7.28. The van der Waals surface area contributed by atoms with E-state index < -0.39 is 0 Å². The van der Waals surface area contributed by atoms with Crippen LogP contribution in [0.2, 0.25) is 0 Å². The third kappa shape index (κ3) is 4.77. The maximum atomic E-state index is 9.31. The van der Waals surface area contributed by atoms with Gasteiger partial charge in [-0.25, -0.2) is 0 Å². The van der Waals surface area contributed by atoms with E-state index in [9.17, 15) is 10.2 Å². The monoisotopic (exact) mass is 546 g/mol. The van der Waals surface area contributed by atoms with E-state index in [0.717, 1.165) is 0 Å². The number of halogens is 4. The maximum Gasteiger partial charge on any atom is 0.144 e. The second kappa shape index (κ2) is 7.71. The van der Waals surface area contributed by atoms with Crippen LogP contribution in [-0.4, -0.2) is 20.4 Å². The lowest BCUT2D eigenvalue weighted by molar-refractivity contribution is 0.451. The average Bonchev–Trinajstić information content (AvgIpc) is 2.41. The quantitative estimate of drug-likeness (QED) is 0.325. The van der Waals surface area contributed by atoms with Crippen molar-refractivity contribution in [2.75, 3.05) is 0 Å². The molecule has 2 aromatic rings. The first-order valence-corrected chi connectivity index (χ1v) is 8.55. The van der Waals surface area contributed by atoms with Crippen LogP contribution in [0.4, 0.5) is 0 Å². The number of benzene rings is 2. The smallest absolute Gasteiger partial charge is 0.144 e. The topological polar surface area (TPSA) is 80.9 Å². The first-order valence-electron chi connectivity index (χ1n) is 5.38. The summed E-state index contributed by atoms with van der Waals surface area (Å²) in [5, 5.41) is 36.6. The Kier molecular flexibility index (Phi) is 6.83. The molecule has 0 aromatic heterocycles. The molecule has 114 valence electrons. The van der Waals surface area contributed by atoms with Crippen molar-refractivity contribution in [2.45, 2.75) is 6.92 Å². The Bertz CT molecular complexity index is 624. The molecule has 0 amide bonds. The first-order chi connectivity index (χ1) is 9.65.